The van der Waals surface area contributed by atoms with Gasteiger partial charge in [0.05, 0.1) is 13.1 Å². The molecule has 158 valence electrons. The molecule has 0 fully saturated rings. The van der Waals surface area contributed by atoms with Crippen molar-refractivity contribution in [2.24, 2.45) is 0 Å². The van der Waals surface area contributed by atoms with Gasteiger partial charge in [-0.15, -0.1) is 0 Å². The zero-order chi connectivity index (χ0) is 21.7. The monoisotopic (exact) mass is 408 g/mol. The van der Waals surface area contributed by atoms with Crippen LogP contribution in [0.4, 0.5) is 11.5 Å². The maximum Gasteiger partial charge on any atom is 0.330 e. The molecule has 0 amide bonds. The molecule has 3 aromatic rings. The quantitative estimate of drug-likeness (QED) is 0.598. The summed E-state index contributed by atoms with van der Waals surface area (Å²) in [6.07, 6.45) is 0. The molecule has 30 heavy (non-hydrogen) atoms. The number of nitrogens with zero attached hydrogens (tertiary/aromatic N) is 2. The fourth-order valence-corrected chi connectivity index (χ4v) is 3.52. The van der Waals surface area contributed by atoms with E-state index >= 15 is 0 Å². The molecule has 0 bridgehead atoms. The van der Waals surface area contributed by atoms with E-state index in [0.29, 0.717) is 19.7 Å². The molecular formula is C23H28N4O3. The largest absolute Gasteiger partial charge is 0.492 e. The number of ether oxygens (including phenoxy) is 1. The standard InChI is InChI=1S/C23H28N4O3/c1-4-26(10-11-30-19-13-16(2)12-17(3)14-19)20-21(24)27(23(29)25-22(20)28)15-18-8-6-5-7-9-18/h5-9,12-14H,4,10-11,15,24H2,1-3H3,(H,25,28,29). The second-order valence-electron chi connectivity index (χ2n) is 7.32. The zero-order valence-electron chi connectivity index (χ0n) is 17.6. The maximum absolute atomic E-state index is 12.6. The van der Waals surface area contributed by atoms with E-state index in [2.05, 4.69) is 11.1 Å². The van der Waals surface area contributed by atoms with Crippen molar-refractivity contribution < 1.29 is 4.74 Å². The Kier molecular flexibility index (Phi) is 6.61. The number of anilines is 2. The Bertz CT molecular complexity index is 1100. The van der Waals surface area contributed by atoms with Crippen LogP contribution in [0.15, 0.2) is 58.1 Å². The number of rotatable bonds is 8. The van der Waals surface area contributed by atoms with Gasteiger partial charge in [-0.1, -0.05) is 36.4 Å². The molecule has 0 radical (unpaired) electrons. The molecule has 2 aromatic carbocycles. The molecule has 7 heteroatoms. The molecule has 1 aromatic heterocycles. The number of nitrogens with one attached hydrogen (secondary N) is 1. The van der Waals surface area contributed by atoms with Crippen LogP contribution in [0.5, 0.6) is 5.75 Å². The predicted octanol–water partition coefficient (Wildman–Crippen LogP) is 2.69. The van der Waals surface area contributed by atoms with Gasteiger partial charge in [-0.25, -0.2) is 4.79 Å². The van der Waals surface area contributed by atoms with Gasteiger partial charge in [0, 0.05) is 6.54 Å². The van der Waals surface area contributed by atoms with Gasteiger partial charge in [-0.3, -0.25) is 14.3 Å². The van der Waals surface area contributed by atoms with Crippen molar-refractivity contribution in [3.8, 4) is 5.75 Å². The van der Waals surface area contributed by atoms with E-state index in [1.807, 2.05) is 68.1 Å². The highest BCUT2D eigenvalue weighted by Gasteiger charge is 2.18. The van der Waals surface area contributed by atoms with Crippen LogP contribution in [-0.2, 0) is 6.54 Å². The fourth-order valence-electron chi connectivity index (χ4n) is 3.52. The molecule has 0 atom stereocenters. The lowest BCUT2D eigenvalue weighted by Crippen LogP contribution is -2.40. The molecule has 0 saturated heterocycles. The summed E-state index contributed by atoms with van der Waals surface area (Å²) < 4.78 is 7.28. The van der Waals surface area contributed by atoms with Crippen LogP contribution in [-0.4, -0.2) is 29.2 Å². The number of aryl methyl sites for hydroxylation is 2. The van der Waals surface area contributed by atoms with Gasteiger partial charge in [0.25, 0.3) is 5.56 Å². The Labute approximate surface area is 175 Å². The molecule has 0 aliphatic carbocycles. The second-order valence-corrected chi connectivity index (χ2v) is 7.32. The molecule has 0 unspecified atom stereocenters. The molecule has 0 saturated carbocycles. The first-order valence-electron chi connectivity index (χ1n) is 10.0. The Morgan fingerprint density at radius 1 is 1.07 bits per heavy atom. The first-order valence-corrected chi connectivity index (χ1v) is 10.0. The summed E-state index contributed by atoms with van der Waals surface area (Å²) in [5.41, 5.74) is 8.75. The highest BCUT2D eigenvalue weighted by molar-refractivity contribution is 5.62. The highest BCUT2D eigenvalue weighted by Crippen LogP contribution is 2.19. The summed E-state index contributed by atoms with van der Waals surface area (Å²) in [7, 11) is 0. The number of aromatic amines is 1. The average Bonchev–Trinajstić information content (AvgIpc) is 2.70. The molecule has 3 rings (SSSR count). The number of nitrogen functional groups attached to an aromatic ring is 1. The molecular weight excluding hydrogens is 380 g/mol. The first kappa shape index (κ1) is 21.2. The van der Waals surface area contributed by atoms with Crippen molar-refractivity contribution in [1.82, 2.24) is 9.55 Å². The van der Waals surface area contributed by atoms with Crippen molar-refractivity contribution in [2.45, 2.75) is 27.3 Å². The van der Waals surface area contributed by atoms with E-state index in [1.54, 1.807) is 0 Å². The first-order chi connectivity index (χ1) is 14.4. The van der Waals surface area contributed by atoms with Crippen LogP contribution in [0.3, 0.4) is 0 Å². The van der Waals surface area contributed by atoms with Gasteiger partial charge in [0.2, 0.25) is 0 Å². The van der Waals surface area contributed by atoms with Gasteiger partial charge in [0.1, 0.15) is 23.9 Å². The average molecular weight is 409 g/mol. The summed E-state index contributed by atoms with van der Waals surface area (Å²) in [6.45, 7) is 7.65. The predicted molar refractivity (Wildman–Crippen MR) is 121 cm³/mol. The second kappa shape index (κ2) is 9.35. The van der Waals surface area contributed by atoms with E-state index < -0.39 is 11.2 Å². The number of aromatic nitrogens is 2. The van der Waals surface area contributed by atoms with Crippen molar-refractivity contribution >= 4 is 11.5 Å². The summed E-state index contributed by atoms with van der Waals surface area (Å²) >= 11 is 0. The van der Waals surface area contributed by atoms with Crippen LogP contribution in [0.1, 0.15) is 23.6 Å². The lowest BCUT2D eigenvalue weighted by Gasteiger charge is -2.25. The number of benzene rings is 2. The summed E-state index contributed by atoms with van der Waals surface area (Å²) in [5, 5.41) is 0. The lowest BCUT2D eigenvalue weighted by molar-refractivity contribution is 0.323. The van der Waals surface area contributed by atoms with E-state index in [1.165, 1.54) is 4.57 Å². The topological polar surface area (TPSA) is 93.3 Å². The van der Waals surface area contributed by atoms with Crippen molar-refractivity contribution in [3.63, 3.8) is 0 Å². The van der Waals surface area contributed by atoms with Crippen molar-refractivity contribution in [2.75, 3.05) is 30.3 Å². The van der Waals surface area contributed by atoms with Gasteiger partial charge < -0.3 is 15.4 Å². The summed E-state index contributed by atoms with van der Waals surface area (Å²) in [6, 6.07) is 15.6. The molecule has 0 aliphatic heterocycles. The minimum absolute atomic E-state index is 0.154. The Balaban J connectivity index is 1.82. The summed E-state index contributed by atoms with van der Waals surface area (Å²) in [4.78, 5) is 29.2. The summed E-state index contributed by atoms with van der Waals surface area (Å²) in [5.74, 6) is 0.945. The van der Waals surface area contributed by atoms with E-state index in [9.17, 15) is 9.59 Å². The molecule has 3 N–H and O–H groups in total. The van der Waals surface area contributed by atoms with E-state index in [-0.39, 0.29) is 18.1 Å². The molecule has 7 nitrogen and oxygen atoms in total. The molecule has 0 aliphatic rings. The highest BCUT2D eigenvalue weighted by atomic mass is 16.5. The van der Waals surface area contributed by atoms with Crippen LogP contribution in [0, 0.1) is 13.8 Å². The number of nitrogens with two attached hydrogens (primary N) is 1. The van der Waals surface area contributed by atoms with Crippen LogP contribution < -0.4 is 26.6 Å². The maximum atomic E-state index is 12.6. The number of hydrogen-bond acceptors (Lipinski definition) is 5. The van der Waals surface area contributed by atoms with E-state index in [0.717, 1.165) is 22.4 Å². The molecule has 1 heterocycles. The molecule has 0 spiro atoms. The SMILES string of the molecule is CCN(CCOc1cc(C)cc(C)c1)c1c(N)n(Cc2ccccc2)c(=O)[nH]c1=O. The minimum Gasteiger partial charge on any atom is -0.492 e. The lowest BCUT2D eigenvalue weighted by atomic mass is 10.1. The third-order valence-corrected chi connectivity index (χ3v) is 4.92. The van der Waals surface area contributed by atoms with Crippen molar-refractivity contribution in [3.05, 3.63) is 86.1 Å². The number of likely N-dealkylation sites (N-methyl/N-ethyl adjacent to an activating group) is 1. The zero-order valence-corrected chi connectivity index (χ0v) is 17.6. The smallest absolute Gasteiger partial charge is 0.330 e. The van der Waals surface area contributed by atoms with Crippen LogP contribution >= 0.6 is 0 Å². The normalized spacial score (nSPS) is 10.8. The Morgan fingerprint density at radius 3 is 2.37 bits per heavy atom. The Hall–Kier alpha value is -3.48. The minimum atomic E-state index is -0.521. The third kappa shape index (κ3) is 4.92. The third-order valence-electron chi connectivity index (χ3n) is 4.92. The van der Waals surface area contributed by atoms with Crippen LogP contribution in [0.25, 0.3) is 0 Å². The van der Waals surface area contributed by atoms with Gasteiger partial charge >= 0.3 is 5.69 Å². The van der Waals surface area contributed by atoms with Gasteiger partial charge in [-0.05, 0) is 49.6 Å². The Morgan fingerprint density at radius 2 is 1.73 bits per heavy atom. The fraction of sp³-hybridized carbons (Fsp3) is 0.304. The van der Waals surface area contributed by atoms with E-state index in [4.69, 9.17) is 10.5 Å². The van der Waals surface area contributed by atoms with Gasteiger partial charge in [0.15, 0.2) is 0 Å². The number of H-pyrrole nitrogens is 1. The van der Waals surface area contributed by atoms with Crippen LogP contribution in [0.2, 0.25) is 0 Å². The van der Waals surface area contributed by atoms with Crippen molar-refractivity contribution in [1.29, 1.82) is 0 Å². The van der Waals surface area contributed by atoms with Gasteiger partial charge in [-0.2, -0.15) is 0 Å². The number of hydrogen-bond donors (Lipinski definition) is 2.